The Hall–Kier alpha value is -2.56. The number of carbonyl (C=O) groups excluding carboxylic acids is 3. The number of hydrogen-bond acceptors (Lipinski definition) is 11. The number of hydrogen-bond donors (Lipinski definition) is 4. The second-order valence-corrected chi connectivity index (χ2v) is 9.48. The molecule has 3 heterocycles. The minimum atomic E-state index is -1.37. The number of carboxylic acids is 1. The van der Waals surface area contributed by atoms with Crippen molar-refractivity contribution in [2.24, 2.45) is 10.9 Å². The van der Waals surface area contributed by atoms with Gasteiger partial charge in [0, 0.05) is 11.3 Å². The number of carboxylic acid groups (broad SMARTS) is 1. The number of primary amides is 1. The molecule has 0 bridgehead atoms. The van der Waals surface area contributed by atoms with Crippen LogP contribution >= 0.6 is 51.4 Å². The average Bonchev–Trinajstić information content (AvgIpc) is 3.04. The number of nitrogens with zero attached hydrogens (tertiary/aromatic N) is 3. The quantitative estimate of drug-likeness (QED) is 0.197. The summed E-state index contributed by atoms with van der Waals surface area (Å²) in [6.07, 6.45) is -1.07. The van der Waals surface area contributed by atoms with Crippen LogP contribution in [-0.2, 0) is 24.0 Å². The van der Waals surface area contributed by atoms with E-state index in [2.05, 4.69) is 36.1 Å². The van der Waals surface area contributed by atoms with Crippen LogP contribution in [-0.4, -0.2) is 75.5 Å². The maximum atomic E-state index is 12.8. The zero-order valence-corrected chi connectivity index (χ0v) is 20.1. The van der Waals surface area contributed by atoms with Crippen LogP contribution in [0.15, 0.2) is 20.2 Å². The van der Waals surface area contributed by atoms with Crippen LogP contribution in [0.2, 0.25) is 0 Å². The summed E-state index contributed by atoms with van der Waals surface area (Å²) >= 11 is 5.52. The third kappa shape index (κ3) is 4.92. The van der Waals surface area contributed by atoms with E-state index >= 15 is 0 Å². The van der Waals surface area contributed by atoms with Crippen molar-refractivity contribution in [3.63, 3.8) is 0 Å². The topological polar surface area (TPSA) is 200 Å². The SMILES string of the molecule is CON=C(C(=O)NC1C(=O)N2C(C(=O)O)=C(COC(N)=O)CS[C@H]12)c1nc(N)sc1Br.Cl. The summed E-state index contributed by atoms with van der Waals surface area (Å²) in [4.78, 5) is 57.8. The summed E-state index contributed by atoms with van der Waals surface area (Å²) in [6, 6.07) is -1.01. The van der Waals surface area contributed by atoms with E-state index < -0.39 is 35.3 Å². The molecule has 2 aliphatic heterocycles. The number of thiazole rings is 1. The van der Waals surface area contributed by atoms with E-state index in [0.29, 0.717) is 3.79 Å². The number of nitrogen functional groups attached to an aromatic ring is 1. The molecule has 0 radical (unpaired) electrons. The zero-order valence-electron chi connectivity index (χ0n) is 16.1. The van der Waals surface area contributed by atoms with Crippen molar-refractivity contribution in [2.45, 2.75) is 11.4 Å². The molecular formula is C15H16BrClN6O7S2. The molecule has 1 fully saturated rings. The van der Waals surface area contributed by atoms with Crippen molar-refractivity contribution in [3.05, 3.63) is 20.8 Å². The van der Waals surface area contributed by atoms with Crippen LogP contribution in [0.3, 0.4) is 0 Å². The van der Waals surface area contributed by atoms with Gasteiger partial charge < -0.3 is 31.5 Å². The fourth-order valence-electron chi connectivity index (χ4n) is 2.91. The molecule has 17 heteroatoms. The van der Waals surface area contributed by atoms with Gasteiger partial charge in [-0.15, -0.1) is 24.2 Å². The Kier molecular flexibility index (Phi) is 8.33. The van der Waals surface area contributed by atoms with Gasteiger partial charge in [0.05, 0.1) is 0 Å². The van der Waals surface area contributed by atoms with Gasteiger partial charge in [0.15, 0.2) is 10.8 Å². The smallest absolute Gasteiger partial charge is 0.404 e. The van der Waals surface area contributed by atoms with Crippen LogP contribution < -0.4 is 16.8 Å². The molecule has 2 aliphatic rings. The third-order valence-electron chi connectivity index (χ3n) is 4.15. The van der Waals surface area contributed by atoms with Crippen LogP contribution in [0, 0.1) is 0 Å². The largest absolute Gasteiger partial charge is 0.477 e. The second-order valence-electron chi connectivity index (χ2n) is 6.02. The molecule has 0 saturated carbocycles. The lowest BCUT2D eigenvalue weighted by molar-refractivity contribution is -0.150. The molecule has 1 aromatic heterocycles. The molecule has 1 aromatic rings. The predicted octanol–water partition coefficient (Wildman–Crippen LogP) is 0.0940. The first-order valence-corrected chi connectivity index (χ1v) is 11.0. The highest BCUT2D eigenvalue weighted by Crippen LogP contribution is 2.40. The molecule has 3 amide bonds. The molecule has 6 N–H and O–H groups in total. The van der Waals surface area contributed by atoms with Gasteiger partial charge in [-0.2, -0.15) is 0 Å². The number of nitrogens with one attached hydrogen (secondary N) is 1. The highest BCUT2D eigenvalue weighted by molar-refractivity contribution is 9.11. The number of rotatable bonds is 7. The number of halogens is 2. The van der Waals surface area contributed by atoms with Crippen molar-refractivity contribution in [1.29, 1.82) is 0 Å². The zero-order chi connectivity index (χ0) is 22.9. The first-order valence-electron chi connectivity index (χ1n) is 8.32. The van der Waals surface area contributed by atoms with Crippen LogP contribution in [0.1, 0.15) is 5.69 Å². The number of fused-ring (bicyclic) bond motifs is 1. The van der Waals surface area contributed by atoms with Gasteiger partial charge in [-0.05, 0) is 15.9 Å². The number of thioether (sulfide) groups is 1. The van der Waals surface area contributed by atoms with Gasteiger partial charge in [0.1, 0.15) is 40.3 Å². The van der Waals surface area contributed by atoms with E-state index in [1.165, 1.54) is 18.9 Å². The highest BCUT2D eigenvalue weighted by Gasteiger charge is 2.54. The molecule has 2 atom stereocenters. The maximum absolute atomic E-state index is 12.8. The molecule has 13 nitrogen and oxygen atoms in total. The number of aromatic nitrogens is 1. The number of oxime groups is 1. The first kappa shape index (κ1) is 25.7. The maximum Gasteiger partial charge on any atom is 0.404 e. The van der Waals surface area contributed by atoms with Crippen LogP contribution in [0.4, 0.5) is 9.93 Å². The van der Waals surface area contributed by atoms with E-state index in [1.54, 1.807) is 0 Å². The number of aliphatic carboxylic acids is 1. The summed E-state index contributed by atoms with van der Waals surface area (Å²) < 4.78 is 5.11. The molecule has 3 rings (SSSR count). The molecular weight excluding hydrogens is 556 g/mol. The lowest BCUT2D eigenvalue weighted by atomic mass is 10.0. The van der Waals surface area contributed by atoms with Gasteiger partial charge >= 0.3 is 12.1 Å². The van der Waals surface area contributed by atoms with Gasteiger partial charge in [-0.1, -0.05) is 16.5 Å². The lowest BCUT2D eigenvalue weighted by Crippen LogP contribution is -2.71. The number of β-lactam (4-membered cyclic amide) rings is 1. The molecule has 32 heavy (non-hydrogen) atoms. The summed E-state index contributed by atoms with van der Waals surface area (Å²) in [5, 5.41) is 15.3. The Bertz CT molecular complexity index is 1030. The number of carbonyl (C=O) groups is 4. The van der Waals surface area contributed by atoms with E-state index in [-0.39, 0.29) is 52.6 Å². The molecule has 174 valence electrons. The molecule has 0 aromatic carbocycles. The monoisotopic (exact) mass is 570 g/mol. The fraction of sp³-hybridized carbons (Fsp3) is 0.333. The second kappa shape index (κ2) is 10.4. The Balaban J connectivity index is 0.00000363. The third-order valence-corrected chi connectivity index (χ3v) is 7.02. The van der Waals surface area contributed by atoms with Gasteiger partial charge in [-0.25, -0.2) is 14.6 Å². The average molecular weight is 572 g/mol. The van der Waals surface area contributed by atoms with E-state index in [4.69, 9.17) is 16.3 Å². The number of amides is 3. The molecule has 0 aliphatic carbocycles. The first-order chi connectivity index (χ1) is 14.6. The highest BCUT2D eigenvalue weighted by atomic mass is 79.9. The summed E-state index contributed by atoms with van der Waals surface area (Å²) in [5.41, 5.74) is 10.4. The summed E-state index contributed by atoms with van der Waals surface area (Å²) in [5.74, 6) is -2.61. The van der Waals surface area contributed by atoms with Gasteiger partial charge in [-0.3, -0.25) is 14.5 Å². The Morgan fingerprint density at radius 3 is 2.66 bits per heavy atom. The Morgan fingerprint density at radius 2 is 2.12 bits per heavy atom. The van der Waals surface area contributed by atoms with E-state index in [9.17, 15) is 24.3 Å². The van der Waals surface area contributed by atoms with E-state index in [1.807, 2.05) is 0 Å². The molecule has 0 spiro atoms. The Morgan fingerprint density at radius 1 is 1.44 bits per heavy atom. The fourth-order valence-corrected chi connectivity index (χ4v) is 5.57. The minimum absolute atomic E-state index is 0. The summed E-state index contributed by atoms with van der Waals surface area (Å²) in [7, 11) is 1.24. The minimum Gasteiger partial charge on any atom is -0.477 e. The lowest BCUT2D eigenvalue weighted by Gasteiger charge is -2.49. The predicted molar refractivity (Wildman–Crippen MR) is 120 cm³/mol. The van der Waals surface area contributed by atoms with Gasteiger partial charge in [0.2, 0.25) is 0 Å². The van der Waals surface area contributed by atoms with E-state index in [0.717, 1.165) is 16.2 Å². The van der Waals surface area contributed by atoms with Crippen molar-refractivity contribution < 1.29 is 33.9 Å². The van der Waals surface area contributed by atoms with Gasteiger partial charge in [0.25, 0.3) is 11.8 Å². The number of ether oxygens (including phenoxy) is 1. The Labute approximate surface area is 203 Å². The van der Waals surface area contributed by atoms with Crippen molar-refractivity contribution in [1.82, 2.24) is 15.2 Å². The van der Waals surface area contributed by atoms with Crippen molar-refractivity contribution >= 4 is 86.2 Å². The normalized spacial score (nSPS) is 20.0. The molecule has 1 unspecified atom stereocenters. The number of anilines is 1. The van der Waals surface area contributed by atoms with Crippen molar-refractivity contribution in [3.8, 4) is 0 Å². The number of nitrogens with two attached hydrogens (primary N) is 2. The molecule has 1 saturated heterocycles. The van der Waals surface area contributed by atoms with Crippen LogP contribution in [0.25, 0.3) is 0 Å². The van der Waals surface area contributed by atoms with Crippen LogP contribution in [0.5, 0.6) is 0 Å². The summed E-state index contributed by atoms with van der Waals surface area (Å²) in [6.45, 7) is -0.360. The standard InChI is InChI=1S/C15H15BrN6O7S2.ClH/c1-28-21-6(5-9(16)31-14(17)20-5)10(23)19-7-11(24)22-8(13(25)26)4(2-29-15(18)27)3-30-12(7)22;/h7,12H,2-3H2,1H3,(H2,17,20)(H2,18,27)(H,19,23)(H,25,26);1H/t7?,12-;/m1./s1. The van der Waals surface area contributed by atoms with Crippen molar-refractivity contribution in [2.75, 3.05) is 25.2 Å².